The predicted octanol–water partition coefficient (Wildman–Crippen LogP) is 3.78. The van der Waals surface area contributed by atoms with Crippen LogP contribution in [0.2, 0.25) is 0 Å². The number of ether oxygens (including phenoxy) is 1. The Morgan fingerprint density at radius 3 is 2.81 bits per heavy atom. The fourth-order valence-corrected chi connectivity index (χ4v) is 4.83. The lowest BCUT2D eigenvalue weighted by molar-refractivity contribution is -0.146. The highest BCUT2D eigenvalue weighted by atomic mass is 16.5. The summed E-state index contributed by atoms with van der Waals surface area (Å²) in [6.07, 6.45) is 10.0. The van der Waals surface area contributed by atoms with Crippen LogP contribution in [0.5, 0.6) is 0 Å². The Bertz CT molecular complexity index is 508. The Labute approximate surface area is 128 Å². The van der Waals surface area contributed by atoms with E-state index < -0.39 is 0 Å². The van der Waals surface area contributed by atoms with Crippen LogP contribution in [0, 0.1) is 5.92 Å². The van der Waals surface area contributed by atoms with Gasteiger partial charge in [-0.05, 0) is 74.3 Å². The third-order valence-electron chi connectivity index (χ3n) is 6.22. The van der Waals surface area contributed by atoms with E-state index in [1.54, 1.807) is 0 Å². The molecule has 3 atom stereocenters. The van der Waals surface area contributed by atoms with Gasteiger partial charge in [0.1, 0.15) is 0 Å². The molecule has 0 radical (unpaired) electrons. The van der Waals surface area contributed by atoms with Crippen LogP contribution in [0.4, 0.5) is 0 Å². The lowest BCUT2D eigenvalue weighted by Crippen LogP contribution is -2.50. The molecule has 1 heterocycles. The smallest absolute Gasteiger partial charge is 0.0685 e. The lowest BCUT2D eigenvalue weighted by atomic mass is 9.67. The average molecular weight is 285 g/mol. The molecule has 114 valence electrons. The highest BCUT2D eigenvalue weighted by Gasteiger charge is 2.45. The first-order chi connectivity index (χ1) is 10.3. The highest BCUT2D eigenvalue weighted by Crippen LogP contribution is 2.47. The van der Waals surface area contributed by atoms with E-state index in [9.17, 15) is 0 Å². The molecule has 2 aliphatic carbocycles. The maximum Gasteiger partial charge on any atom is 0.0685 e. The van der Waals surface area contributed by atoms with Crippen molar-refractivity contribution in [1.82, 2.24) is 0 Å². The normalized spacial score (nSPS) is 32.2. The summed E-state index contributed by atoms with van der Waals surface area (Å²) in [7, 11) is 0. The van der Waals surface area contributed by atoms with E-state index in [1.165, 1.54) is 56.1 Å². The van der Waals surface area contributed by atoms with Crippen LogP contribution in [0.1, 0.15) is 62.0 Å². The second-order valence-corrected chi connectivity index (χ2v) is 7.41. The minimum atomic E-state index is 0.217. The molecule has 4 rings (SSSR count). The summed E-state index contributed by atoms with van der Waals surface area (Å²) in [4.78, 5) is 0. The Hall–Kier alpha value is -0.860. The van der Waals surface area contributed by atoms with Gasteiger partial charge >= 0.3 is 0 Å². The summed E-state index contributed by atoms with van der Waals surface area (Å²) in [5, 5.41) is 0. The number of benzene rings is 1. The van der Waals surface area contributed by atoms with Crippen molar-refractivity contribution < 1.29 is 4.74 Å². The Kier molecular flexibility index (Phi) is 3.55. The molecule has 1 aromatic carbocycles. The molecule has 1 saturated heterocycles. The van der Waals surface area contributed by atoms with Crippen molar-refractivity contribution in [1.29, 1.82) is 0 Å². The highest BCUT2D eigenvalue weighted by molar-refractivity contribution is 5.34. The molecule has 3 aliphatic rings. The molecule has 0 amide bonds. The number of hydrogen-bond donors (Lipinski definition) is 1. The monoisotopic (exact) mass is 285 g/mol. The molecule has 2 fully saturated rings. The molecular weight excluding hydrogens is 258 g/mol. The molecule has 2 nitrogen and oxygen atoms in total. The molecule has 1 saturated carbocycles. The van der Waals surface area contributed by atoms with E-state index in [0.29, 0.717) is 17.9 Å². The topological polar surface area (TPSA) is 35.2 Å². The van der Waals surface area contributed by atoms with Gasteiger partial charge in [-0.3, -0.25) is 0 Å². The van der Waals surface area contributed by atoms with E-state index in [2.05, 4.69) is 24.3 Å². The van der Waals surface area contributed by atoms with E-state index in [1.807, 2.05) is 0 Å². The second-order valence-electron chi connectivity index (χ2n) is 7.41. The van der Waals surface area contributed by atoms with Gasteiger partial charge in [0, 0.05) is 12.6 Å². The molecule has 0 bridgehead atoms. The maximum atomic E-state index is 6.78. The molecule has 0 aromatic heterocycles. The van der Waals surface area contributed by atoms with Crippen LogP contribution in [0.15, 0.2) is 24.3 Å². The van der Waals surface area contributed by atoms with E-state index in [4.69, 9.17) is 10.5 Å². The van der Waals surface area contributed by atoms with Gasteiger partial charge in [0.25, 0.3) is 0 Å². The van der Waals surface area contributed by atoms with Gasteiger partial charge in [-0.25, -0.2) is 0 Å². The molecule has 2 heteroatoms. The number of aryl methyl sites for hydroxylation is 1. The predicted molar refractivity (Wildman–Crippen MR) is 85.4 cm³/mol. The van der Waals surface area contributed by atoms with Gasteiger partial charge in [-0.1, -0.05) is 24.3 Å². The van der Waals surface area contributed by atoms with Crippen molar-refractivity contribution in [3.8, 4) is 0 Å². The van der Waals surface area contributed by atoms with Crippen LogP contribution < -0.4 is 5.73 Å². The van der Waals surface area contributed by atoms with Crippen LogP contribution in [-0.4, -0.2) is 18.2 Å². The van der Waals surface area contributed by atoms with Crippen molar-refractivity contribution in [3.05, 3.63) is 35.4 Å². The Morgan fingerprint density at radius 1 is 1.14 bits per heavy atom. The molecule has 3 unspecified atom stereocenters. The molecule has 1 spiro atoms. The van der Waals surface area contributed by atoms with Crippen molar-refractivity contribution in [3.63, 3.8) is 0 Å². The van der Waals surface area contributed by atoms with Crippen LogP contribution in [-0.2, 0) is 11.2 Å². The van der Waals surface area contributed by atoms with E-state index in [-0.39, 0.29) is 5.60 Å². The van der Waals surface area contributed by atoms with E-state index >= 15 is 0 Å². The molecular formula is C19H27NO. The number of fused-ring (bicyclic) bond motifs is 1. The summed E-state index contributed by atoms with van der Waals surface area (Å²) in [5.74, 6) is 1.21. The molecule has 1 aromatic rings. The van der Waals surface area contributed by atoms with Crippen LogP contribution in [0.3, 0.4) is 0 Å². The maximum absolute atomic E-state index is 6.78. The number of hydrogen-bond acceptors (Lipinski definition) is 2. The van der Waals surface area contributed by atoms with Gasteiger partial charge in [0.2, 0.25) is 0 Å². The van der Waals surface area contributed by atoms with E-state index in [0.717, 1.165) is 13.0 Å². The summed E-state index contributed by atoms with van der Waals surface area (Å²) < 4.78 is 6.08. The van der Waals surface area contributed by atoms with Crippen molar-refractivity contribution >= 4 is 0 Å². The summed E-state index contributed by atoms with van der Waals surface area (Å²) in [5.41, 5.74) is 10.1. The van der Waals surface area contributed by atoms with Gasteiger partial charge in [-0.2, -0.15) is 0 Å². The first kappa shape index (κ1) is 13.8. The SMILES string of the molecule is NC(C1CCOC2(CCC2)C1)C1CCCc2ccccc21. The molecule has 1 aliphatic heterocycles. The van der Waals surface area contributed by atoms with Gasteiger partial charge in [-0.15, -0.1) is 0 Å². The van der Waals surface area contributed by atoms with Crippen LogP contribution in [0.25, 0.3) is 0 Å². The van der Waals surface area contributed by atoms with Crippen molar-refractivity contribution in [2.45, 2.75) is 68.9 Å². The third-order valence-corrected chi connectivity index (χ3v) is 6.22. The molecule has 21 heavy (non-hydrogen) atoms. The van der Waals surface area contributed by atoms with Gasteiger partial charge in [0.05, 0.1) is 5.60 Å². The molecule has 2 N–H and O–H groups in total. The zero-order valence-electron chi connectivity index (χ0n) is 12.9. The van der Waals surface area contributed by atoms with Crippen molar-refractivity contribution in [2.24, 2.45) is 11.7 Å². The fourth-order valence-electron chi connectivity index (χ4n) is 4.83. The zero-order valence-corrected chi connectivity index (χ0v) is 12.9. The summed E-state index contributed by atoms with van der Waals surface area (Å²) in [6.45, 7) is 0.923. The summed E-state index contributed by atoms with van der Waals surface area (Å²) in [6, 6.07) is 9.28. The quantitative estimate of drug-likeness (QED) is 0.897. The minimum Gasteiger partial charge on any atom is -0.375 e. The standard InChI is InChI=1S/C19H27NO/c20-18(15-9-12-21-19(13-15)10-4-11-19)17-8-3-6-14-5-1-2-7-16(14)17/h1-2,5,7,15,17-18H,3-4,6,8-13,20H2. The van der Waals surface area contributed by atoms with Crippen molar-refractivity contribution in [2.75, 3.05) is 6.61 Å². The first-order valence-corrected chi connectivity index (χ1v) is 8.75. The Morgan fingerprint density at radius 2 is 2.00 bits per heavy atom. The third kappa shape index (κ3) is 2.43. The first-order valence-electron chi connectivity index (χ1n) is 8.75. The zero-order chi connectivity index (χ0) is 14.3. The summed E-state index contributed by atoms with van der Waals surface area (Å²) >= 11 is 0. The number of rotatable bonds is 2. The second kappa shape index (κ2) is 5.40. The average Bonchev–Trinajstić information content (AvgIpc) is 2.52. The van der Waals surface area contributed by atoms with Gasteiger partial charge in [0.15, 0.2) is 0 Å². The largest absolute Gasteiger partial charge is 0.375 e. The van der Waals surface area contributed by atoms with Crippen LogP contribution >= 0.6 is 0 Å². The lowest BCUT2D eigenvalue weighted by Gasteiger charge is -2.49. The Balaban J connectivity index is 1.53. The number of nitrogens with two attached hydrogens (primary N) is 1. The fraction of sp³-hybridized carbons (Fsp3) is 0.684. The van der Waals surface area contributed by atoms with Gasteiger partial charge < -0.3 is 10.5 Å². The minimum absolute atomic E-state index is 0.217.